The van der Waals surface area contributed by atoms with Gasteiger partial charge >= 0.3 is 0 Å². The Morgan fingerprint density at radius 2 is 2.00 bits per heavy atom. The zero-order chi connectivity index (χ0) is 15.9. The minimum Gasteiger partial charge on any atom is -0.489 e. The predicted octanol–water partition coefficient (Wildman–Crippen LogP) is 4.15. The lowest BCUT2D eigenvalue weighted by atomic mass is 10.2. The van der Waals surface area contributed by atoms with E-state index in [4.69, 9.17) is 16.3 Å². The molecule has 118 valence electrons. The summed E-state index contributed by atoms with van der Waals surface area (Å²) in [6.45, 7) is 3.34. The van der Waals surface area contributed by atoms with Gasteiger partial charge in [-0.15, -0.1) is 0 Å². The number of hydrogen-bond acceptors (Lipinski definition) is 3. The lowest BCUT2D eigenvalue weighted by Crippen LogP contribution is -2.24. The quantitative estimate of drug-likeness (QED) is 0.753. The molecule has 3 nitrogen and oxygen atoms in total. The fourth-order valence-corrected chi connectivity index (χ4v) is 2.61. The summed E-state index contributed by atoms with van der Waals surface area (Å²) in [6, 6.07) is 13.5. The Balaban J connectivity index is 2.05. The molecule has 0 spiro atoms. The highest BCUT2D eigenvalue weighted by Crippen LogP contribution is 2.25. The van der Waals surface area contributed by atoms with Gasteiger partial charge in [-0.05, 0) is 31.2 Å². The van der Waals surface area contributed by atoms with Crippen LogP contribution in [0.5, 0.6) is 5.75 Å². The lowest BCUT2D eigenvalue weighted by Gasteiger charge is -2.14. The van der Waals surface area contributed by atoms with Crippen molar-refractivity contribution in [3.05, 3.63) is 63.1 Å². The van der Waals surface area contributed by atoms with E-state index in [0.29, 0.717) is 24.7 Å². The molecule has 1 unspecified atom stereocenters. The second-order valence-corrected chi connectivity index (χ2v) is 6.43. The van der Waals surface area contributed by atoms with Gasteiger partial charge in [0.15, 0.2) is 0 Å². The van der Waals surface area contributed by atoms with Crippen LogP contribution in [0.15, 0.2) is 46.9 Å². The minimum atomic E-state index is -0.375. The van der Waals surface area contributed by atoms with Gasteiger partial charge < -0.3 is 15.2 Å². The summed E-state index contributed by atoms with van der Waals surface area (Å²) in [4.78, 5) is 0. The van der Waals surface area contributed by atoms with Crippen LogP contribution in [0.3, 0.4) is 0 Å². The van der Waals surface area contributed by atoms with Crippen LogP contribution in [0.25, 0.3) is 0 Å². The van der Waals surface area contributed by atoms with E-state index in [1.54, 1.807) is 6.92 Å². The first-order valence-electron chi connectivity index (χ1n) is 7.09. The summed E-state index contributed by atoms with van der Waals surface area (Å²) < 4.78 is 6.90. The number of rotatable bonds is 7. The molecule has 22 heavy (non-hydrogen) atoms. The van der Waals surface area contributed by atoms with Gasteiger partial charge in [-0.25, -0.2) is 0 Å². The first kappa shape index (κ1) is 17.3. The summed E-state index contributed by atoms with van der Waals surface area (Å²) in [5.41, 5.74) is 1.98. The number of benzene rings is 2. The molecule has 0 saturated carbocycles. The van der Waals surface area contributed by atoms with Gasteiger partial charge in [0.25, 0.3) is 0 Å². The van der Waals surface area contributed by atoms with Crippen LogP contribution in [-0.4, -0.2) is 17.8 Å². The zero-order valence-corrected chi connectivity index (χ0v) is 14.7. The largest absolute Gasteiger partial charge is 0.489 e. The van der Waals surface area contributed by atoms with Crippen molar-refractivity contribution in [1.29, 1.82) is 0 Å². The van der Waals surface area contributed by atoms with Gasteiger partial charge in [0.1, 0.15) is 12.4 Å². The smallest absolute Gasteiger partial charge is 0.124 e. The summed E-state index contributed by atoms with van der Waals surface area (Å²) in [5.74, 6) is 0.807. The molecule has 0 aromatic heterocycles. The van der Waals surface area contributed by atoms with E-state index >= 15 is 0 Å². The SMILES string of the molecule is CC(O)CNCc1cc(Br)ccc1OCc1ccccc1Cl. The summed E-state index contributed by atoms with van der Waals surface area (Å²) in [7, 11) is 0. The topological polar surface area (TPSA) is 41.5 Å². The van der Waals surface area contributed by atoms with Crippen molar-refractivity contribution in [2.45, 2.75) is 26.2 Å². The van der Waals surface area contributed by atoms with Crippen molar-refractivity contribution in [3.8, 4) is 5.75 Å². The minimum absolute atomic E-state index is 0.375. The Bertz CT molecular complexity index is 619. The summed E-state index contributed by atoms with van der Waals surface area (Å²) in [6.07, 6.45) is -0.375. The molecule has 0 aliphatic heterocycles. The molecular weight excluding hydrogens is 366 g/mol. The number of ether oxygens (including phenoxy) is 1. The van der Waals surface area contributed by atoms with Gasteiger partial charge in [0.2, 0.25) is 0 Å². The van der Waals surface area contributed by atoms with Crippen LogP contribution >= 0.6 is 27.5 Å². The predicted molar refractivity (Wildman–Crippen MR) is 93.3 cm³/mol. The Morgan fingerprint density at radius 3 is 2.73 bits per heavy atom. The number of aliphatic hydroxyl groups excluding tert-OH is 1. The summed E-state index contributed by atoms with van der Waals surface area (Å²) in [5, 5.41) is 13.2. The Kier molecular flexibility index (Phi) is 6.70. The Hall–Kier alpha value is -1.07. The van der Waals surface area contributed by atoms with E-state index < -0.39 is 0 Å². The number of aliphatic hydroxyl groups is 1. The van der Waals surface area contributed by atoms with Crippen molar-refractivity contribution in [3.63, 3.8) is 0 Å². The first-order chi connectivity index (χ1) is 10.6. The number of halogens is 2. The number of hydrogen-bond donors (Lipinski definition) is 2. The molecule has 0 bridgehead atoms. The zero-order valence-electron chi connectivity index (χ0n) is 12.4. The lowest BCUT2D eigenvalue weighted by molar-refractivity contribution is 0.190. The third kappa shape index (κ3) is 5.29. The van der Waals surface area contributed by atoms with Gasteiger partial charge in [0, 0.05) is 33.7 Å². The Labute approximate surface area is 144 Å². The van der Waals surface area contributed by atoms with Crippen LogP contribution in [0.2, 0.25) is 5.02 Å². The monoisotopic (exact) mass is 383 g/mol. The van der Waals surface area contributed by atoms with Crippen LogP contribution in [-0.2, 0) is 13.2 Å². The molecule has 2 N–H and O–H groups in total. The van der Waals surface area contributed by atoms with E-state index in [2.05, 4.69) is 21.2 Å². The second-order valence-electron chi connectivity index (χ2n) is 5.11. The maximum atomic E-state index is 9.32. The van der Waals surface area contributed by atoms with E-state index in [1.165, 1.54) is 0 Å². The molecule has 1 atom stereocenters. The molecule has 0 radical (unpaired) electrons. The molecular formula is C17H19BrClNO2. The first-order valence-corrected chi connectivity index (χ1v) is 8.27. The van der Waals surface area contributed by atoms with Gasteiger partial charge in [-0.3, -0.25) is 0 Å². The highest BCUT2D eigenvalue weighted by molar-refractivity contribution is 9.10. The van der Waals surface area contributed by atoms with Crippen LogP contribution in [0.1, 0.15) is 18.1 Å². The average Bonchev–Trinajstić information content (AvgIpc) is 2.47. The highest BCUT2D eigenvalue weighted by Gasteiger charge is 2.07. The Morgan fingerprint density at radius 1 is 1.23 bits per heavy atom. The van der Waals surface area contributed by atoms with Gasteiger partial charge in [-0.2, -0.15) is 0 Å². The molecule has 0 fully saturated rings. The third-order valence-corrected chi connectivity index (χ3v) is 3.98. The maximum absolute atomic E-state index is 9.32. The molecule has 0 amide bonds. The number of nitrogens with one attached hydrogen (secondary N) is 1. The average molecular weight is 385 g/mol. The second kappa shape index (κ2) is 8.53. The standard InChI is InChI=1S/C17H19BrClNO2/c1-12(21)9-20-10-14-8-15(18)6-7-17(14)22-11-13-4-2-3-5-16(13)19/h2-8,12,20-21H,9-11H2,1H3. The van der Waals surface area contributed by atoms with Crippen molar-refractivity contribution >= 4 is 27.5 Å². The van der Waals surface area contributed by atoms with Crippen molar-refractivity contribution < 1.29 is 9.84 Å². The molecule has 0 heterocycles. The van der Waals surface area contributed by atoms with Crippen LogP contribution < -0.4 is 10.1 Å². The molecule has 0 aliphatic rings. The third-order valence-electron chi connectivity index (χ3n) is 3.12. The molecule has 0 aliphatic carbocycles. The fraction of sp³-hybridized carbons (Fsp3) is 0.294. The van der Waals surface area contributed by atoms with E-state index in [-0.39, 0.29) is 6.10 Å². The van der Waals surface area contributed by atoms with Crippen LogP contribution in [0, 0.1) is 0 Å². The van der Waals surface area contributed by atoms with Crippen molar-refractivity contribution in [2.24, 2.45) is 0 Å². The van der Waals surface area contributed by atoms with E-state index in [1.807, 2.05) is 42.5 Å². The van der Waals surface area contributed by atoms with Crippen LogP contribution in [0.4, 0.5) is 0 Å². The molecule has 2 rings (SSSR count). The highest BCUT2D eigenvalue weighted by atomic mass is 79.9. The van der Waals surface area contributed by atoms with E-state index in [0.717, 1.165) is 21.3 Å². The normalized spacial score (nSPS) is 12.2. The molecule has 0 saturated heterocycles. The fourth-order valence-electron chi connectivity index (χ4n) is 2.01. The molecule has 2 aromatic rings. The summed E-state index contributed by atoms with van der Waals surface area (Å²) >= 11 is 9.62. The molecule has 5 heteroatoms. The van der Waals surface area contributed by atoms with Crippen molar-refractivity contribution in [2.75, 3.05) is 6.54 Å². The van der Waals surface area contributed by atoms with E-state index in [9.17, 15) is 5.11 Å². The van der Waals surface area contributed by atoms with Crippen molar-refractivity contribution in [1.82, 2.24) is 5.32 Å². The maximum Gasteiger partial charge on any atom is 0.124 e. The van der Waals surface area contributed by atoms with Gasteiger partial charge in [0.05, 0.1) is 6.10 Å². The van der Waals surface area contributed by atoms with Gasteiger partial charge in [-0.1, -0.05) is 45.7 Å². The molecule has 2 aromatic carbocycles.